The molecule has 9 nitrogen and oxygen atoms in total. The number of carbonyl (C=O) groups is 1. The molecule has 1 heterocycles. The molecular formula is C19H20F2N4O5S. The summed E-state index contributed by atoms with van der Waals surface area (Å²) < 4.78 is 52.9. The molecule has 2 aromatic carbocycles. The van der Waals surface area contributed by atoms with Crippen LogP contribution in [0.5, 0.6) is 0 Å². The van der Waals surface area contributed by atoms with Crippen molar-refractivity contribution >= 4 is 27.3 Å². The molecule has 2 aromatic rings. The Bertz CT molecular complexity index is 1120. The molecule has 1 aliphatic heterocycles. The SMILES string of the molecule is Cc1ccc([N+](=O)[O-])cc1NC(=O)CN1CCN(S(=O)(=O)c2ccc(F)c(F)c2)CC1. The zero-order valence-corrected chi connectivity index (χ0v) is 17.4. The second kappa shape index (κ2) is 9.04. The highest BCUT2D eigenvalue weighted by atomic mass is 32.2. The van der Waals surface area contributed by atoms with Crippen molar-refractivity contribution < 1.29 is 26.9 Å². The third-order valence-electron chi connectivity index (χ3n) is 4.93. The van der Waals surface area contributed by atoms with Crippen LogP contribution in [-0.2, 0) is 14.8 Å². The van der Waals surface area contributed by atoms with Crippen LogP contribution >= 0.6 is 0 Å². The number of nitro groups is 1. The van der Waals surface area contributed by atoms with Crippen LogP contribution in [0.25, 0.3) is 0 Å². The minimum Gasteiger partial charge on any atom is -0.324 e. The predicted molar refractivity (Wildman–Crippen MR) is 108 cm³/mol. The molecule has 0 aromatic heterocycles. The smallest absolute Gasteiger partial charge is 0.271 e. The first kappa shape index (κ1) is 22.7. The molecule has 0 unspecified atom stereocenters. The van der Waals surface area contributed by atoms with Gasteiger partial charge >= 0.3 is 0 Å². The molecule has 0 saturated carbocycles. The molecule has 1 saturated heterocycles. The second-order valence-electron chi connectivity index (χ2n) is 7.06. The van der Waals surface area contributed by atoms with Crippen LogP contribution in [0.1, 0.15) is 5.56 Å². The fraction of sp³-hybridized carbons (Fsp3) is 0.316. The molecule has 0 spiro atoms. The first-order chi connectivity index (χ1) is 14.6. The Morgan fingerprint density at radius 3 is 2.39 bits per heavy atom. The number of hydrogen-bond donors (Lipinski definition) is 1. The Morgan fingerprint density at radius 1 is 1.10 bits per heavy atom. The lowest BCUT2D eigenvalue weighted by Crippen LogP contribution is -2.50. The van der Waals surface area contributed by atoms with Crippen LogP contribution in [0, 0.1) is 28.7 Å². The van der Waals surface area contributed by atoms with E-state index in [1.165, 1.54) is 18.2 Å². The Morgan fingerprint density at radius 2 is 1.77 bits per heavy atom. The van der Waals surface area contributed by atoms with Crippen molar-refractivity contribution in [2.24, 2.45) is 0 Å². The summed E-state index contributed by atoms with van der Waals surface area (Å²) in [5.41, 5.74) is 0.858. The van der Waals surface area contributed by atoms with Crippen molar-refractivity contribution in [3.05, 3.63) is 63.7 Å². The van der Waals surface area contributed by atoms with E-state index in [0.717, 1.165) is 16.4 Å². The van der Waals surface area contributed by atoms with Crippen molar-refractivity contribution in [2.45, 2.75) is 11.8 Å². The molecule has 0 radical (unpaired) electrons. The van der Waals surface area contributed by atoms with Crippen LogP contribution < -0.4 is 5.32 Å². The van der Waals surface area contributed by atoms with Gasteiger partial charge in [0.15, 0.2) is 11.6 Å². The fourth-order valence-corrected chi connectivity index (χ4v) is 4.60. The summed E-state index contributed by atoms with van der Waals surface area (Å²) in [4.78, 5) is 24.1. The summed E-state index contributed by atoms with van der Waals surface area (Å²) in [5.74, 6) is -2.76. The first-order valence-electron chi connectivity index (χ1n) is 9.30. The number of carbonyl (C=O) groups excluding carboxylic acids is 1. The number of sulfonamides is 1. The molecule has 1 fully saturated rings. The molecule has 12 heteroatoms. The number of piperazine rings is 1. The number of non-ortho nitro benzene ring substituents is 1. The van der Waals surface area contributed by atoms with Gasteiger partial charge in [0, 0.05) is 38.3 Å². The summed E-state index contributed by atoms with van der Waals surface area (Å²) >= 11 is 0. The standard InChI is InChI=1S/C19H20F2N4O5S/c1-13-2-3-14(25(27)28)10-18(13)22-19(26)12-23-6-8-24(9-7-23)31(29,30)15-4-5-16(20)17(21)11-15/h2-5,10-11H,6-9,12H2,1H3,(H,22,26). The van der Waals surface area contributed by atoms with Gasteiger partial charge in [0.25, 0.3) is 5.69 Å². The van der Waals surface area contributed by atoms with E-state index < -0.39 is 26.6 Å². The molecule has 3 rings (SSSR count). The predicted octanol–water partition coefficient (Wildman–Crippen LogP) is 2.13. The van der Waals surface area contributed by atoms with Gasteiger partial charge in [0.1, 0.15) is 0 Å². The lowest BCUT2D eigenvalue weighted by Gasteiger charge is -2.33. The summed E-state index contributed by atoms with van der Waals surface area (Å²) in [6.07, 6.45) is 0. The first-order valence-corrected chi connectivity index (χ1v) is 10.7. The Hall–Kier alpha value is -2.96. The number of halogens is 2. The molecule has 0 bridgehead atoms. The maximum Gasteiger partial charge on any atom is 0.271 e. The van der Waals surface area contributed by atoms with Gasteiger partial charge in [0.2, 0.25) is 15.9 Å². The largest absolute Gasteiger partial charge is 0.324 e. The number of hydrogen-bond acceptors (Lipinski definition) is 6. The molecule has 1 N–H and O–H groups in total. The van der Waals surface area contributed by atoms with E-state index in [2.05, 4.69) is 5.32 Å². The van der Waals surface area contributed by atoms with Crippen LogP contribution in [0.2, 0.25) is 0 Å². The third-order valence-corrected chi connectivity index (χ3v) is 6.83. The number of anilines is 1. The topological polar surface area (TPSA) is 113 Å². The fourth-order valence-electron chi connectivity index (χ4n) is 3.17. The average molecular weight is 454 g/mol. The third kappa shape index (κ3) is 5.21. The van der Waals surface area contributed by atoms with E-state index in [1.807, 2.05) is 0 Å². The second-order valence-corrected chi connectivity index (χ2v) is 9.00. The maximum atomic E-state index is 13.4. The van der Waals surface area contributed by atoms with Gasteiger partial charge in [-0.1, -0.05) is 6.07 Å². The molecule has 1 aliphatic rings. The highest BCUT2D eigenvalue weighted by Gasteiger charge is 2.29. The minimum absolute atomic E-state index is 0.0266. The summed E-state index contributed by atoms with van der Waals surface area (Å²) in [5, 5.41) is 13.5. The van der Waals surface area contributed by atoms with E-state index in [-0.39, 0.29) is 49.2 Å². The average Bonchev–Trinajstić information content (AvgIpc) is 2.71. The van der Waals surface area contributed by atoms with Gasteiger partial charge in [-0.25, -0.2) is 17.2 Å². The van der Waals surface area contributed by atoms with E-state index in [9.17, 15) is 32.1 Å². The molecular weight excluding hydrogens is 434 g/mol. The van der Waals surface area contributed by atoms with Crippen molar-refractivity contribution in [1.82, 2.24) is 9.21 Å². The lowest BCUT2D eigenvalue weighted by atomic mass is 10.2. The van der Waals surface area contributed by atoms with Gasteiger partial charge in [0.05, 0.1) is 22.1 Å². The van der Waals surface area contributed by atoms with E-state index in [4.69, 9.17) is 0 Å². The number of amides is 1. The highest BCUT2D eigenvalue weighted by molar-refractivity contribution is 7.89. The van der Waals surface area contributed by atoms with Gasteiger partial charge < -0.3 is 5.32 Å². The zero-order chi connectivity index (χ0) is 22.8. The Labute approximate surface area is 177 Å². The van der Waals surface area contributed by atoms with E-state index in [0.29, 0.717) is 17.3 Å². The molecule has 0 atom stereocenters. The monoisotopic (exact) mass is 454 g/mol. The summed E-state index contributed by atoms with van der Waals surface area (Å²) in [6, 6.07) is 6.58. The van der Waals surface area contributed by atoms with Gasteiger partial charge in [-0.05, 0) is 30.7 Å². The van der Waals surface area contributed by atoms with Crippen molar-refractivity contribution in [3.8, 4) is 0 Å². The normalized spacial score (nSPS) is 15.6. The summed E-state index contributed by atoms with van der Waals surface area (Å²) in [7, 11) is -3.98. The van der Waals surface area contributed by atoms with Crippen LogP contribution in [0.4, 0.5) is 20.2 Å². The van der Waals surface area contributed by atoms with Gasteiger partial charge in [-0.3, -0.25) is 19.8 Å². The maximum absolute atomic E-state index is 13.4. The quantitative estimate of drug-likeness (QED) is 0.529. The number of benzene rings is 2. The van der Waals surface area contributed by atoms with Crippen LogP contribution in [0.3, 0.4) is 0 Å². The number of nitrogens with zero attached hydrogens (tertiary/aromatic N) is 3. The number of aryl methyl sites for hydroxylation is 1. The van der Waals surface area contributed by atoms with Crippen molar-refractivity contribution in [2.75, 3.05) is 38.0 Å². The Balaban J connectivity index is 1.59. The van der Waals surface area contributed by atoms with Gasteiger partial charge in [-0.15, -0.1) is 0 Å². The number of rotatable bonds is 6. The van der Waals surface area contributed by atoms with Crippen molar-refractivity contribution in [3.63, 3.8) is 0 Å². The lowest BCUT2D eigenvalue weighted by molar-refractivity contribution is -0.384. The highest BCUT2D eigenvalue weighted by Crippen LogP contribution is 2.22. The van der Waals surface area contributed by atoms with E-state index in [1.54, 1.807) is 11.8 Å². The van der Waals surface area contributed by atoms with Gasteiger partial charge in [-0.2, -0.15) is 4.31 Å². The Kier molecular flexibility index (Phi) is 6.62. The van der Waals surface area contributed by atoms with Crippen molar-refractivity contribution in [1.29, 1.82) is 0 Å². The van der Waals surface area contributed by atoms with Crippen LogP contribution in [-0.4, -0.2) is 61.2 Å². The molecule has 166 valence electrons. The number of nitro benzene ring substituents is 1. The van der Waals surface area contributed by atoms with Crippen LogP contribution in [0.15, 0.2) is 41.3 Å². The van der Waals surface area contributed by atoms with E-state index >= 15 is 0 Å². The molecule has 31 heavy (non-hydrogen) atoms. The molecule has 0 aliphatic carbocycles. The summed E-state index contributed by atoms with van der Waals surface area (Å²) in [6.45, 7) is 2.34. The zero-order valence-electron chi connectivity index (χ0n) is 16.5. The minimum atomic E-state index is -3.98. The molecule has 1 amide bonds. The number of nitrogens with one attached hydrogen (secondary N) is 1.